The molecule has 1 N–H and O–H groups in total. The summed E-state index contributed by atoms with van der Waals surface area (Å²) >= 11 is 1.63. The molecule has 1 amide bonds. The van der Waals surface area contributed by atoms with Gasteiger partial charge in [0, 0.05) is 17.5 Å². The largest absolute Gasteiger partial charge is 0.490 e. The van der Waals surface area contributed by atoms with E-state index in [2.05, 4.69) is 5.32 Å². The summed E-state index contributed by atoms with van der Waals surface area (Å²) in [7, 11) is 0. The third-order valence-electron chi connectivity index (χ3n) is 3.61. The van der Waals surface area contributed by atoms with Gasteiger partial charge in [-0.3, -0.25) is 4.79 Å². The molecule has 0 aliphatic heterocycles. The van der Waals surface area contributed by atoms with E-state index in [1.807, 2.05) is 56.5 Å². The predicted molar refractivity (Wildman–Crippen MR) is 104 cm³/mol. The molecule has 1 aromatic heterocycles. The highest BCUT2D eigenvalue weighted by Gasteiger charge is 2.06. The molecule has 5 heteroatoms. The molecule has 0 atom stereocenters. The summed E-state index contributed by atoms with van der Waals surface area (Å²) in [5, 5.41) is 4.93. The summed E-state index contributed by atoms with van der Waals surface area (Å²) in [4.78, 5) is 13.0. The van der Waals surface area contributed by atoms with Crippen LogP contribution in [0.3, 0.4) is 0 Å². The Balaban J connectivity index is 1.86. The molecule has 2 aromatic rings. The maximum Gasteiger partial charge on any atom is 0.244 e. The van der Waals surface area contributed by atoms with Crippen molar-refractivity contribution >= 4 is 23.3 Å². The fourth-order valence-corrected chi connectivity index (χ4v) is 3.17. The van der Waals surface area contributed by atoms with Gasteiger partial charge in [-0.1, -0.05) is 6.07 Å². The molecule has 134 valence electrons. The molecule has 25 heavy (non-hydrogen) atoms. The number of carbonyl (C=O) groups is 1. The molecule has 0 bridgehead atoms. The normalized spacial score (nSPS) is 10.8. The summed E-state index contributed by atoms with van der Waals surface area (Å²) < 4.78 is 11.2. The Labute approximate surface area is 153 Å². The summed E-state index contributed by atoms with van der Waals surface area (Å²) in [6.07, 6.45) is 4.19. The first-order chi connectivity index (χ1) is 12.1. The van der Waals surface area contributed by atoms with Gasteiger partial charge in [-0.15, -0.1) is 11.3 Å². The summed E-state index contributed by atoms with van der Waals surface area (Å²) in [6.45, 7) is 7.70. The first-order valence-electron chi connectivity index (χ1n) is 8.52. The van der Waals surface area contributed by atoms with E-state index in [9.17, 15) is 4.79 Å². The molecule has 0 spiro atoms. The topological polar surface area (TPSA) is 47.6 Å². The van der Waals surface area contributed by atoms with Crippen LogP contribution in [0.1, 0.15) is 29.9 Å². The minimum Gasteiger partial charge on any atom is -0.490 e. The van der Waals surface area contributed by atoms with Crippen molar-refractivity contribution < 1.29 is 14.3 Å². The predicted octanol–water partition coefficient (Wildman–Crippen LogP) is 4.23. The maximum atomic E-state index is 11.9. The maximum absolute atomic E-state index is 11.9. The molecule has 1 heterocycles. The van der Waals surface area contributed by atoms with Gasteiger partial charge in [0.2, 0.25) is 5.91 Å². The lowest BCUT2D eigenvalue weighted by molar-refractivity contribution is -0.116. The van der Waals surface area contributed by atoms with Crippen molar-refractivity contribution in [1.29, 1.82) is 0 Å². The second-order valence-corrected chi connectivity index (χ2v) is 6.44. The van der Waals surface area contributed by atoms with Crippen molar-refractivity contribution in [3.8, 4) is 11.5 Å². The molecule has 0 fully saturated rings. The van der Waals surface area contributed by atoms with Crippen LogP contribution >= 0.6 is 11.3 Å². The van der Waals surface area contributed by atoms with Crippen molar-refractivity contribution in [1.82, 2.24) is 5.32 Å². The molecule has 0 saturated carbocycles. The zero-order chi connectivity index (χ0) is 18.1. The van der Waals surface area contributed by atoms with Gasteiger partial charge in [-0.2, -0.15) is 0 Å². The van der Waals surface area contributed by atoms with E-state index in [0.29, 0.717) is 19.8 Å². The van der Waals surface area contributed by atoms with Crippen molar-refractivity contribution in [3.05, 3.63) is 51.7 Å². The highest BCUT2D eigenvalue weighted by molar-refractivity contribution is 7.11. The fraction of sp³-hybridized carbons (Fsp3) is 0.350. The third kappa shape index (κ3) is 5.94. The van der Waals surface area contributed by atoms with E-state index in [4.69, 9.17) is 9.47 Å². The molecule has 2 rings (SSSR count). The van der Waals surface area contributed by atoms with E-state index in [1.165, 1.54) is 5.56 Å². The van der Waals surface area contributed by atoms with Crippen LogP contribution in [0.25, 0.3) is 6.08 Å². The molecule has 0 radical (unpaired) electrons. The number of thiophene rings is 1. The lowest BCUT2D eigenvalue weighted by Gasteiger charge is -2.12. The molecular weight excluding hydrogens is 334 g/mol. The Morgan fingerprint density at radius 1 is 1.16 bits per heavy atom. The Kier molecular flexibility index (Phi) is 7.54. The summed E-state index contributed by atoms with van der Waals surface area (Å²) in [6, 6.07) is 7.95. The zero-order valence-corrected chi connectivity index (χ0v) is 15.8. The lowest BCUT2D eigenvalue weighted by atomic mass is 10.1. The Morgan fingerprint density at radius 2 is 1.92 bits per heavy atom. The monoisotopic (exact) mass is 359 g/mol. The minimum atomic E-state index is -0.0798. The van der Waals surface area contributed by atoms with Crippen molar-refractivity contribution in [3.63, 3.8) is 0 Å². The quantitative estimate of drug-likeness (QED) is 0.682. The highest BCUT2D eigenvalue weighted by atomic mass is 32.1. The number of aryl methyl sites for hydroxylation is 1. The Hall–Kier alpha value is -2.27. The van der Waals surface area contributed by atoms with Crippen LogP contribution in [-0.2, 0) is 11.2 Å². The van der Waals surface area contributed by atoms with Gasteiger partial charge >= 0.3 is 0 Å². The minimum absolute atomic E-state index is 0.0798. The smallest absolute Gasteiger partial charge is 0.244 e. The number of carbonyl (C=O) groups excluding carboxylic acids is 1. The van der Waals surface area contributed by atoms with Gasteiger partial charge < -0.3 is 14.8 Å². The van der Waals surface area contributed by atoms with Crippen molar-refractivity contribution in [2.45, 2.75) is 27.2 Å². The summed E-state index contributed by atoms with van der Waals surface area (Å²) in [5.41, 5.74) is 2.29. The van der Waals surface area contributed by atoms with Gasteiger partial charge in [-0.25, -0.2) is 0 Å². The van der Waals surface area contributed by atoms with E-state index in [-0.39, 0.29) is 5.91 Å². The van der Waals surface area contributed by atoms with Crippen LogP contribution in [0.2, 0.25) is 0 Å². The average molecular weight is 359 g/mol. The highest BCUT2D eigenvalue weighted by Crippen LogP contribution is 2.28. The Bertz CT molecular complexity index is 721. The van der Waals surface area contributed by atoms with Crippen LogP contribution in [0, 0.1) is 6.92 Å². The van der Waals surface area contributed by atoms with E-state index in [1.54, 1.807) is 17.4 Å². The number of nitrogens with one attached hydrogen (secondary N) is 1. The number of benzene rings is 1. The summed E-state index contributed by atoms with van der Waals surface area (Å²) in [5.74, 6) is 1.43. The standard InChI is InChI=1S/C20H25NO3S/c1-4-23-17-7-6-16(14-18(17)24-5-2)10-12-21-20(22)9-8-19-15(3)11-13-25-19/h6-9,11,13-14H,4-5,10,12H2,1-3H3,(H,21,22)/b9-8+. The van der Waals surface area contributed by atoms with Crippen LogP contribution < -0.4 is 14.8 Å². The number of amides is 1. The van der Waals surface area contributed by atoms with Crippen LogP contribution in [0.5, 0.6) is 11.5 Å². The number of hydrogen-bond acceptors (Lipinski definition) is 4. The average Bonchev–Trinajstić information content (AvgIpc) is 3.01. The molecule has 0 aliphatic carbocycles. The molecule has 0 saturated heterocycles. The zero-order valence-electron chi connectivity index (χ0n) is 15.0. The lowest BCUT2D eigenvalue weighted by Crippen LogP contribution is -2.23. The number of ether oxygens (including phenoxy) is 2. The Morgan fingerprint density at radius 3 is 2.60 bits per heavy atom. The van der Waals surface area contributed by atoms with Crippen molar-refractivity contribution in [2.24, 2.45) is 0 Å². The second-order valence-electron chi connectivity index (χ2n) is 5.49. The second kappa shape index (κ2) is 9.89. The first-order valence-corrected chi connectivity index (χ1v) is 9.40. The van der Waals surface area contributed by atoms with Gasteiger partial charge in [-0.05, 0) is 68.0 Å². The molecule has 0 aliphatic rings. The van der Waals surface area contributed by atoms with Gasteiger partial charge in [0.15, 0.2) is 11.5 Å². The van der Waals surface area contributed by atoms with Crippen molar-refractivity contribution in [2.75, 3.05) is 19.8 Å². The number of rotatable bonds is 9. The fourth-order valence-electron chi connectivity index (χ4n) is 2.35. The van der Waals surface area contributed by atoms with Gasteiger partial charge in [0.1, 0.15) is 0 Å². The van der Waals surface area contributed by atoms with E-state index in [0.717, 1.165) is 28.4 Å². The molecule has 4 nitrogen and oxygen atoms in total. The first kappa shape index (κ1) is 19.1. The molecule has 1 aromatic carbocycles. The van der Waals surface area contributed by atoms with E-state index >= 15 is 0 Å². The van der Waals surface area contributed by atoms with Crippen LogP contribution in [0.4, 0.5) is 0 Å². The van der Waals surface area contributed by atoms with Crippen LogP contribution in [-0.4, -0.2) is 25.7 Å². The van der Waals surface area contributed by atoms with Gasteiger partial charge in [0.05, 0.1) is 13.2 Å². The molecule has 0 unspecified atom stereocenters. The van der Waals surface area contributed by atoms with Gasteiger partial charge in [0.25, 0.3) is 0 Å². The van der Waals surface area contributed by atoms with Crippen LogP contribution in [0.15, 0.2) is 35.7 Å². The third-order valence-corrected chi connectivity index (χ3v) is 4.59. The van der Waals surface area contributed by atoms with E-state index < -0.39 is 0 Å². The SMILES string of the molecule is CCOc1ccc(CCNC(=O)/C=C/c2sccc2C)cc1OCC. The number of hydrogen-bond donors (Lipinski definition) is 1. The molecular formula is C20H25NO3S.